The van der Waals surface area contributed by atoms with Gasteiger partial charge in [0, 0.05) is 18.5 Å². The molecule has 0 aliphatic carbocycles. The molecule has 0 unspecified atom stereocenters. The first-order valence-electron chi connectivity index (χ1n) is 5.59. The van der Waals surface area contributed by atoms with Gasteiger partial charge in [-0.05, 0) is 18.6 Å². The van der Waals surface area contributed by atoms with E-state index in [0.29, 0.717) is 12.3 Å². The van der Waals surface area contributed by atoms with Crippen LogP contribution in [-0.4, -0.2) is 19.7 Å². The average molecular weight is 267 g/mol. The summed E-state index contributed by atoms with van der Waals surface area (Å²) < 4.78 is 14.9. The topological polar surface area (TPSA) is 69.6 Å². The summed E-state index contributed by atoms with van der Waals surface area (Å²) in [6.45, 7) is 3.14. The fourth-order valence-corrected chi connectivity index (χ4v) is 2.52. The zero-order valence-corrected chi connectivity index (χ0v) is 10.8. The van der Waals surface area contributed by atoms with E-state index in [1.807, 2.05) is 11.5 Å². The van der Waals surface area contributed by atoms with Crippen LogP contribution in [0.25, 0.3) is 0 Å². The minimum absolute atomic E-state index is 0.326. The zero-order valence-electron chi connectivity index (χ0n) is 10.0. The van der Waals surface area contributed by atoms with Crippen LogP contribution in [0.2, 0.25) is 0 Å². The predicted octanol–water partition coefficient (Wildman–Crippen LogP) is 1.58. The summed E-state index contributed by atoms with van der Waals surface area (Å²) in [6, 6.07) is 1.47. The van der Waals surface area contributed by atoms with Gasteiger partial charge >= 0.3 is 0 Å². The standard InChI is InChI=1S/C11H14FN5S/c1-2-17-10(4-13)15-16-11(17)18-7-8-3-9(12)6-14-5-8/h3,5-6H,2,4,7,13H2,1H3. The number of rotatable bonds is 5. The molecule has 2 heterocycles. The van der Waals surface area contributed by atoms with Gasteiger partial charge in [-0.3, -0.25) is 4.98 Å². The molecule has 7 heteroatoms. The van der Waals surface area contributed by atoms with Crippen molar-refractivity contribution < 1.29 is 4.39 Å². The Labute approximate surface area is 109 Å². The Kier molecular flexibility index (Phi) is 4.27. The summed E-state index contributed by atoms with van der Waals surface area (Å²) >= 11 is 1.50. The third-order valence-corrected chi connectivity index (χ3v) is 3.46. The number of hydrogen-bond acceptors (Lipinski definition) is 5. The fourth-order valence-electron chi connectivity index (χ4n) is 1.58. The van der Waals surface area contributed by atoms with Crippen molar-refractivity contribution in [3.63, 3.8) is 0 Å². The van der Waals surface area contributed by atoms with Gasteiger partial charge in [0.1, 0.15) is 11.6 Å². The quantitative estimate of drug-likeness (QED) is 0.833. The minimum atomic E-state index is -0.326. The lowest BCUT2D eigenvalue weighted by molar-refractivity contribution is 0.619. The molecule has 2 aromatic heterocycles. The number of halogens is 1. The molecule has 0 fully saturated rings. The molecular formula is C11H14FN5S. The molecule has 0 spiro atoms. The molecule has 0 aliphatic rings. The highest BCUT2D eigenvalue weighted by Gasteiger charge is 2.10. The lowest BCUT2D eigenvalue weighted by Gasteiger charge is -2.05. The second-order valence-electron chi connectivity index (χ2n) is 3.65. The molecule has 0 saturated heterocycles. The van der Waals surface area contributed by atoms with Crippen LogP contribution in [0.5, 0.6) is 0 Å². The second kappa shape index (κ2) is 5.92. The van der Waals surface area contributed by atoms with Crippen LogP contribution in [0, 0.1) is 5.82 Å². The molecule has 2 rings (SSSR count). The lowest BCUT2D eigenvalue weighted by Crippen LogP contribution is -2.08. The Balaban J connectivity index is 2.08. The number of nitrogens with zero attached hydrogens (tertiary/aromatic N) is 4. The third kappa shape index (κ3) is 2.85. The summed E-state index contributed by atoms with van der Waals surface area (Å²) in [6.07, 6.45) is 2.84. The molecule has 5 nitrogen and oxygen atoms in total. The molecule has 0 aliphatic heterocycles. The molecule has 18 heavy (non-hydrogen) atoms. The van der Waals surface area contributed by atoms with E-state index in [9.17, 15) is 4.39 Å². The summed E-state index contributed by atoms with van der Waals surface area (Å²) in [5.74, 6) is 1.04. The highest BCUT2D eigenvalue weighted by Crippen LogP contribution is 2.21. The van der Waals surface area contributed by atoms with Crippen LogP contribution in [0.3, 0.4) is 0 Å². The van der Waals surface area contributed by atoms with E-state index in [-0.39, 0.29) is 5.82 Å². The van der Waals surface area contributed by atoms with Crippen LogP contribution in [0.4, 0.5) is 4.39 Å². The van der Waals surface area contributed by atoms with E-state index in [2.05, 4.69) is 15.2 Å². The van der Waals surface area contributed by atoms with E-state index in [4.69, 9.17) is 5.73 Å². The number of hydrogen-bond donors (Lipinski definition) is 1. The molecule has 0 atom stereocenters. The number of aromatic nitrogens is 4. The smallest absolute Gasteiger partial charge is 0.191 e. The van der Waals surface area contributed by atoms with Gasteiger partial charge in [-0.15, -0.1) is 10.2 Å². The molecule has 96 valence electrons. The lowest BCUT2D eigenvalue weighted by atomic mass is 10.3. The number of nitrogens with two attached hydrogens (primary N) is 1. The average Bonchev–Trinajstić information content (AvgIpc) is 2.78. The van der Waals surface area contributed by atoms with Gasteiger partial charge in [-0.2, -0.15) is 0 Å². The minimum Gasteiger partial charge on any atom is -0.324 e. The van der Waals surface area contributed by atoms with Crippen molar-refractivity contribution in [1.82, 2.24) is 19.7 Å². The maximum Gasteiger partial charge on any atom is 0.191 e. The molecule has 0 saturated carbocycles. The van der Waals surface area contributed by atoms with Crippen LogP contribution in [0.15, 0.2) is 23.6 Å². The molecule has 2 aromatic rings. The van der Waals surface area contributed by atoms with Gasteiger partial charge in [0.2, 0.25) is 0 Å². The maximum atomic E-state index is 13.0. The molecule has 0 bridgehead atoms. The van der Waals surface area contributed by atoms with Gasteiger partial charge in [-0.25, -0.2) is 4.39 Å². The van der Waals surface area contributed by atoms with Crippen molar-refractivity contribution in [3.8, 4) is 0 Å². The van der Waals surface area contributed by atoms with E-state index >= 15 is 0 Å². The van der Waals surface area contributed by atoms with Crippen molar-refractivity contribution in [2.45, 2.75) is 30.9 Å². The predicted molar refractivity (Wildman–Crippen MR) is 67.3 cm³/mol. The van der Waals surface area contributed by atoms with Gasteiger partial charge in [0.05, 0.1) is 12.7 Å². The molecule has 2 N–H and O–H groups in total. The van der Waals surface area contributed by atoms with Gasteiger partial charge in [0.25, 0.3) is 0 Å². The van der Waals surface area contributed by atoms with Crippen LogP contribution in [-0.2, 0) is 18.8 Å². The van der Waals surface area contributed by atoms with Crippen LogP contribution < -0.4 is 5.73 Å². The highest BCUT2D eigenvalue weighted by atomic mass is 32.2. The van der Waals surface area contributed by atoms with Crippen LogP contribution >= 0.6 is 11.8 Å². The molecule has 0 aromatic carbocycles. The number of thioether (sulfide) groups is 1. The van der Waals surface area contributed by atoms with E-state index in [1.54, 1.807) is 6.20 Å². The summed E-state index contributed by atoms with van der Waals surface area (Å²) in [4.78, 5) is 3.81. The monoisotopic (exact) mass is 267 g/mol. The maximum absolute atomic E-state index is 13.0. The van der Waals surface area contributed by atoms with Gasteiger partial charge < -0.3 is 10.3 Å². The highest BCUT2D eigenvalue weighted by molar-refractivity contribution is 7.98. The van der Waals surface area contributed by atoms with Crippen molar-refractivity contribution in [1.29, 1.82) is 0 Å². The van der Waals surface area contributed by atoms with Gasteiger partial charge in [-0.1, -0.05) is 11.8 Å². The molecule has 0 amide bonds. The summed E-state index contributed by atoms with van der Waals surface area (Å²) in [7, 11) is 0. The normalized spacial score (nSPS) is 10.8. The van der Waals surface area contributed by atoms with Crippen molar-refractivity contribution >= 4 is 11.8 Å². The van der Waals surface area contributed by atoms with Crippen LogP contribution in [0.1, 0.15) is 18.3 Å². The fraction of sp³-hybridized carbons (Fsp3) is 0.364. The van der Waals surface area contributed by atoms with Gasteiger partial charge in [0.15, 0.2) is 5.16 Å². The SMILES string of the molecule is CCn1c(CN)nnc1SCc1cncc(F)c1. The molecule has 0 radical (unpaired) electrons. The number of pyridine rings is 1. The van der Waals surface area contributed by atoms with Crippen molar-refractivity contribution in [3.05, 3.63) is 35.7 Å². The summed E-state index contributed by atoms with van der Waals surface area (Å²) in [5.41, 5.74) is 6.39. The Hall–Kier alpha value is -1.47. The largest absolute Gasteiger partial charge is 0.324 e. The molecular weight excluding hydrogens is 253 g/mol. The van der Waals surface area contributed by atoms with E-state index in [0.717, 1.165) is 23.1 Å². The van der Waals surface area contributed by atoms with E-state index in [1.165, 1.54) is 24.0 Å². The first-order chi connectivity index (χ1) is 8.74. The van der Waals surface area contributed by atoms with Crippen molar-refractivity contribution in [2.24, 2.45) is 5.73 Å². The van der Waals surface area contributed by atoms with Crippen molar-refractivity contribution in [2.75, 3.05) is 0 Å². The van der Waals surface area contributed by atoms with E-state index < -0.39 is 0 Å². The zero-order chi connectivity index (χ0) is 13.0. The first kappa shape index (κ1) is 13.0. The summed E-state index contributed by atoms with van der Waals surface area (Å²) in [5, 5.41) is 8.88. The Morgan fingerprint density at radius 2 is 2.22 bits per heavy atom. The first-order valence-corrected chi connectivity index (χ1v) is 6.57. The second-order valence-corrected chi connectivity index (χ2v) is 4.59. The third-order valence-electron chi connectivity index (χ3n) is 2.42. The Morgan fingerprint density at radius 3 is 2.89 bits per heavy atom. The Morgan fingerprint density at radius 1 is 1.39 bits per heavy atom. The Bertz CT molecular complexity index is 528.